The van der Waals surface area contributed by atoms with Gasteiger partial charge >= 0.3 is 0 Å². The number of nitrogens with one attached hydrogen (secondary N) is 1. The van der Waals surface area contributed by atoms with Crippen molar-refractivity contribution < 1.29 is 4.79 Å². The summed E-state index contributed by atoms with van der Waals surface area (Å²) in [5.74, 6) is 1.13. The third-order valence-electron chi connectivity index (χ3n) is 4.95. The third kappa shape index (κ3) is 2.16. The van der Waals surface area contributed by atoms with Crippen LogP contribution >= 0.6 is 0 Å². The summed E-state index contributed by atoms with van der Waals surface area (Å²) in [5.41, 5.74) is 0. The van der Waals surface area contributed by atoms with Crippen LogP contribution in [0.4, 0.5) is 0 Å². The highest BCUT2D eigenvalue weighted by Crippen LogP contribution is 2.32. The Morgan fingerprint density at radius 1 is 1.22 bits per heavy atom. The van der Waals surface area contributed by atoms with Gasteiger partial charge < -0.3 is 15.1 Å². The second-order valence-electron chi connectivity index (χ2n) is 5.99. The number of nitrogens with zero attached hydrogens (tertiary/aromatic N) is 2. The molecule has 2 unspecified atom stereocenters. The summed E-state index contributed by atoms with van der Waals surface area (Å²) in [4.78, 5) is 17.3. The van der Waals surface area contributed by atoms with Gasteiger partial charge in [-0.05, 0) is 51.2 Å². The molecule has 2 atom stereocenters. The fraction of sp³-hybridized carbons (Fsp3) is 0.929. The van der Waals surface area contributed by atoms with Crippen LogP contribution in [-0.2, 0) is 4.79 Å². The predicted octanol–water partition coefficient (Wildman–Crippen LogP) is 0.681. The molecule has 0 aromatic carbocycles. The lowest BCUT2D eigenvalue weighted by atomic mass is 9.82. The molecular weight excluding hydrogens is 226 g/mol. The maximum atomic E-state index is 12.5. The molecule has 102 valence electrons. The van der Waals surface area contributed by atoms with Gasteiger partial charge in [-0.3, -0.25) is 4.79 Å². The SMILES string of the molecule is CCNC1CCCN(C2CN3CCC2CC3)C1=O. The van der Waals surface area contributed by atoms with E-state index in [1.807, 2.05) is 0 Å². The van der Waals surface area contributed by atoms with Gasteiger partial charge in [-0.15, -0.1) is 0 Å². The van der Waals surface area contributed by atoms with Crippen LogP contribution in [-0.4, -0.2) is 60.5 Å². The Bertz CT molecular complexity index is 310. The van der Waals surface area contributed by atoms with E-state index in [1.165, 1.54) is 25.9 Å². The Balaban J connectivity index is 1.69. The number of hydrogen-bond donors (Lipinski definition) is 1. The van der Waals surface area contributed by atoms with Crippen molar-refractivity contribution in [3.8, 4) is 0 Å². The summed E-state index contributed by atoms with van der Waals surface area (Å²) in [6.45, 7) is 7.58. The number of rotatable bonds is 3. The molecule has 0 aromatic heterocycles. The lowest BCUT2D eigenvalue weighted by molar-refractivity contribution is -0.143. The van der Waals surface area contributed by atoms with Gasteiger partial charge in [-0.2, -0.15) is 0 Å². The number of carbonyl (C=O) groups excluding carboxylic acids is 1. The van der Waals surface area contributed by atoms with E-state index >= 15 is 0 Å². The molecule has 0 aromatic rings. The molecule has 0 saturated carbocycles. The molecule has 4 heteroatoms. The number of fused-ring (bicyclic) bond motifs is 3. The predicted molar refractivity (Wildman–Crippen MR) is 71.4 cm³/mol. The van der Waals surface area contributed by atoms with Crippen molar-refractivity contribution in [2.24, 2.45) is 5.92 Å². The second-order valence-corrected chi connectivity index (χ2v) is 5.99. The third-order valence-corrected chi connectivity index (χ3v) is 4.95. The topological polar surface area (TPSA) is 35.6 Å². The van der Waals surface area contributed by atoms with E-state index in [9.17, 15) is 4.79 Å². The highest BCUT2D eigenvalue weighted by Gasteiger charge is 2.41. The summed E-state index contributed by atoms with van der Waals surface area (Å²) < 4.78 is 0. The number of amides is 1. The van der Waals surface area contributed by atoms with E-state index in [0.29, 0.717) is 11.9 Å². The van der Waals surface area contributed by atoms with Crippen LogP contribution in [0, 0.1) is 5.92 Å². The maximum absolute atomic E-state index is 12.5. The number of carbonyl (C=O) groups is 1. The van der Waals surface area contributed by atoms with E-state index in [4.69, 9.17) is 0 Å². The second kappa shape index (κ2) is 5.17. The summed E-state index contributed by atoms with van der Waals surface area (Å²) in [5, 5.41) is 3.34. The zero-order valence-corrected chi connectivity index (χ0v) is 11.4. The average Bonchev–Trinajstić information content (AvgIpc) is 2.43. The molecule has 4 aliphatic heterocycles. The molecular formula is C14H25N3O. The average molecular weight is 251 g/mol. The van der Waals surface area contributed by atoms with E-state index in [1.54, 1.807) is 0 Å². The van der Waals surface area contributed by atoms with E-state index in [2.05, 4.69) is 22.0 Å². The van der Waals surface area contributed by atoms with Crippen molar-refractivity contribution in [3.05, 3.63) is 0 Å². The van der Waals surface area contributed by atoms with Crippen molar-refractivity contribution in [2.75, 3.05) is 32.7 Å². The normalized spacial score (nSPS) is 40.3. The Morgan fingerprint density at radius 2 is 2.00 bits per heavy atom. The van der Waals surface area contributed by atoms with Crippen LogP contribution in [0.15, 0.2) is 0 Å². The smallest absolute Gasteiger partial charge is 0.240 e. The first-order valence-electron chi connectivity index (χ1n) is 7.56. The molecule has 4 nitrogen and oxygen atoms in total. The van der Waals surface area contributed by atoms with Gasteiger partial charge in [-0.1, -0.05) is 6.92 Å². The van der Waals surface area contributed by atoms with Crippen molar-refractivity contribution in [1.82, 2.24) is 15.1 Å². The first-order chi connectivity index (χ1) is 8.79. The van der Waals surface area contributed by atoms with Crippen molar-refractivity contribution >= 4 is 5.91 Å². The van der Waals surface area contributed by atoms with Gasteiger partial charge in [0.2, 0.25) is 5.91 Å². The van der Waals surface area contributed by atoms with Crippen LogP contribution in [0.25, 0.3) is 0 Å². The first-order valence-corrected chi connectivity index (χ1v) is 7.56. The molecule has 0 radical (unpaired) electrons. The monoisotopic (exact) mass is 251 g/mol. The Kier molecular flexibility index (Phi) is 3.57. The van der Waals surface area contributed by atoms with Gasteiger partial charge in [0.25, 0.3) is 0 Å². The number of piperidine rings is 4. The summed E-state index contributed by atoms with van der Waals surface area (Å²) >= 11 is 0. The fourth-order valence-corrected chi connectivity index (χ4v) is 3.95. The van der Waals surface area contributed by atoms with E-state index in [0.717, 1.165) is 38.4 Å². The standard InChI is InChI=1S/C14H25N3O/c1-2-15-12-4-3-7-17(14(12)18)13-10-16-8-5-11(13)6-9-16/h11-13,15H,2-10H2,1H3. The maximum Gasteiger partial charge on any atom is 0.240 e. The molecule has 2 bridgehead atoms. The minimum Gasteiger partial charge on any atom is -0.337 e. The molecule has 4 heterocycles. The quantitative estimate of drug-likeness (QED) is 0.801. The first kappa shape index (κ1) is 12.4. The van der Waals surface area contributed by atoms with Gasteiger partial charge in [0, 0.05) is 19.1 Å². The van der Waals surface area contributed by atoms with Crippen molar-refractivity contribution in [1.29, 1.82) is 0 Å². The molecule has 4 aliphatic rings. The van der Waals surface area contributed by atoms with Crippen LogP contribution in [0.2, 0.25) is 0 Å². The minimum atomic E-state index is 0.0826. The Labute approximate surface area is 110 Å². The molecule has 0 spiro atoms. The zero-order chi connectivity index (χ0) is 12.5. The Morgan fingerprint density at radius 3 is 2.61 bits per heavy atom. The Hall–Kier alpha value is -0.610. The fourth-order valence-electron chi connectivity index (χ4n) is 3.95. The van der Waals surface area contributed by atoms with Gasteiger partial charge in [0.15, 0.2) is 0 Å². The molecule has 18 heavy (non-hydrogen) atoms. The van der Waals surface area contributed by atoms with Gasteiger partial charge in [0.05, 0.1) is 6.04 Å². The highest BCUT2D eigenvalue weighted by molar-refractivity contribution is 5.83. The van der Waals surface area contributed by atoms with Crippen LogP contribution in [0.5, 0.6) is 0 Å². The molecule has 0 aliphatic carbocycles. The lowest BCUT2D eigenvalue weighted by Gasteiger charge is -2.50. The molecule has 1 amide bonds. The minimum absolute atomic E-state index is 0.0826. The van der Waals surface area contributed by atoms with Crippen LogP contribution < -0.4 is 5.32 Å². The van der Waals surface area contributed by atoms with Crippen LogP contribution in [0.3, 0.4) is 0 Å². The van der Waals surface area contributed by atoms with E-state index < -0.39 is 0 Å². The molecule has 4 saturated heterocycles. The number of likely N-dealkylation sites (N-methyl/N-ethyl adjacent to an activating group) is 1. The van der Waals surface area contributed by atoms with Gasteiger partial charge in [0.1, 0.15) is 0 Å². The van der Waals surface area contributed by atoms with Gasteiger partial charge in [-0.25, -0.2) is 0 Å². The molecule has 1 N–H and O–H groups in total. The van der Waals surface area contributed by atoms with Crippen LogP contribution in [0.1, 0.15) is 32.6 Å². The molecule has 4 fully saturated rings. The van der Waals surface area contributed by atoms with Crippen molar-refractivity contribution in [3.63, 3.8) is 0 Å². The largest absolute Gasteiger partial charge is 0.337 e. The highest BCUT2D eigenvalue weighted by atomic mass is 16.2. The van der Waals surface area contributed by atoms with Crippen molar-refractivity contribution in [2.45, 2.75) is 44.7 Å². The number of hydrogen-bond acceptors (Lipinski definition) is 3. The summed E-state index contributed by atoms with van der Waals surface area (Å²) in [6.07, 6.45) is 4.76. The lowest BCUT2D eigenvalue weighted by Crippen LogP contribution is -2.62. The molecule has 4 rings (SSSR count). The number of likely N-dealkylation sites (tertiary alicyclic amines) is 1. The summed E-state index contributed by atoms with van der Waals surface area (Å²) in [7, 11) is 0. The zero-order valence-electron chi connectivity index (χ0n) is 11.4. The van der Waals surface area contributed by atoms with E-state index in [-0.39, 0.29) is 6.04 Å². The summed E-state index contributed by atoms with van der Waals surface area (Å²) in [6, 6.07) is 0.584.